The predicted molar refractivity (Wildman–Crippen MR) is 78.9 cm³/mol. The molecule has 114 valence electrons. The molecule has 0 radical (unpaired) electrons. The fourth-order valence-electron chi connectivity index (χ4n) is 3.63. The zero-order valence-corrected chi connectivity index (χ0v) is 12.5. The number of hydrogen-bond donors (Lipinski definition) is 0. The van der Waals surface area contributed by atoms with Crippen LogP contribution in [0.5, 0.6) is 0 Å². The van der Waals surface area contributed by atoms with Gasteiger partial charge in [0.25, 0.3) is 0 Å². The van der Waals surface area contributed by atoms with Gasteiger partial charge in [-0.15, -0.1) is 0 Å². The first kappa shape index (κ1) is 13.4. The molecule has 0 bridgehead atoms. The van der Waals surface area contributed by atoms with Crippen molar-refractivity contribution in [2.45, 2.75) is 38.5 Å². The van der Waals surface area contributed by atoms with Crippen molar-refractivity contribution in [2.24, 2.45) is 5.92 Å². The largest absolute Gasteiger partial charge is 0.461 e. The van der Waals surface area contributed by atoms with Gasteiger partial charge in [0.2, 0.25) is 0 Å². The normalized spacial score (nSPS) is 22.4. The third-order valence-corrected chi connectivity index (χ3v) is 4.79. The minimum atomic E-state index is -0.334. The third kappa shape index (κ3) is 1.94. The molecule has 0 amide bonds. The van der Waals surface area contributed by atoms with E-state index in [2.05, 4.69) is 15.1 Å². The van der Waals surface area contributed by atoms with Crippen molar-refractivity contribution in [3.8, 4) is 5.82 Å². The molecule has 0 spiro atoms. The Morgan fingerprint density at radius 2 is 2.27 bits per heavy atom. The molecule has 2 aliphatic carbocycles. The zero-order valence-electron chi connectivity index (χ0n) is 12.5. The van der Waals surface area contributed by atoms with Gasteiger partial charge in [0.15, 0.2) is 11.5 Å². The number of carbonyl (C=O) groups is 1. The van der Waals surface area contributed by atoms with Crippen LogP contribution in [0.2, 0.25) is 0 Å². The molecule has 1 saturated carbocycles. The summed E-state index contributed by atoms with van der Waals surface area (Å²) in [6, 6.07) is 0. The second-order valence-electron chi connectivity index (χ2n) is 5.89. The maximum Gasteiger partial charge on any atom is 0.359 e. The van der Waals surface area contributed by atoms with Crippen molar-refractivity contribution in [2.75, 3.05) is 6.61 Å². The fraction of sp³-hybridized carbons (Fsp3) is 0.500. The van der Waals surface area contributed by atoms with E-state index >= 15 is 0 Å². The molecule has 0 aromatic carbocycles. The Bertz CT molecular complexity index is 710. The second-order valence-corrected chi connectivity index (χ2v) is 5.89. The van der Waals surface area contributed by atoms with Crippen LogP contribution in [-0.2, 0) is 11.2 Å². The van der Waals surface area contributed by atoms with Gasteiger partial charge in [-0.1, -0.05) is 0 Å². The lowest BCUT2D eigenvalue weighted by molar-refractivity contribution is 0.0517. The van der Waals surface area contributed by atoms with E-state index < -0.39 is 0 Å². The Morgan fingerprint density at radius 3 is 2.95 bits per heavy atom. The molecule has 2 aliphatic rings. The molecule has 2 unspecified atom stereocenters. The number of hydrogen-bond acceptors (Lipinski definition) is 5. The highest BCUT2D eigenvalue weighted by atomic mass is 16.5. The lowest BCUT2D eigenvalue weighted by atomic mass is 9.65. The number of fused-ring (bicyclic) bond motifs is 3. The van der Waals surface area contributed by atoms with E-state index in [1.807, 2.05) is 11.6 Å². The molecule has 6 heteroatoms. The Labute approximate surface area is 128 Å². The Hall–Kier alpha value is -2.24. The molecule has 0 saturated heterocycles. The van der Waals surface area contributed by atoms with Gasteiger partial charge in [-0.2, -0.15) is 5.10 Å². The van der Waals surface area contributed by atoms with Crippen molar-refractivity contribution in [3.63, 3.8) is 0 Å². The third-order valence-electron chi connectivity index (χ3n) is 4.79. The number of esters is 1. The SMILES string of the molecule is CCOC(=O)c1nn(-c2cnccn2)c2c1CCC1CCC21. The molecule has 4 rings (SSSR count). The lowest BCUT2D eigenvalue weighted by Crippen LogP contribution is -2.31. The van der Waals surface area contributed by atoms with Gasteiger partial charge < -0.3 is 4.74 Å². The monoisotopic (exact) mass is 298 g/mol. The van der Waals surface area contributed by atoms with Crippen molar-refractivity contribution in [1.82, 2.24) is 19.7 Å². The molecule has 22 heavy (non-hydrogen) atoms. The summed E-state index contributed by atoms with van der Waals surface area (Å²) in [5, 5.41) is 4.54. The van der Waals surface area contributed by atoms with E-state index in [4.69, 9.17) is 4.74 Å². The topological polar surface area (TPSA) is 69.9 Å². The molecule has 2 aromatic heterocycles. The Morgan fingerprint density at radius 1 is 1.36 bits per heavy atom. The summed E-state index contributed by atoms with van der Waals surface area (Å²) in [7, 11) is 0. The first-order chi connectivity index (χ1) is 10.8. The summed E-state index contributed by atoms with van der Waals surface area (Å²) < 4.78 is 6.98. The first-order valence-electron chi connectivity index (χ1n) is 7.85. The summed E-state index contributed by atoms with van der Waals surface area (Å²) in [5.41, 5.74) is 2.64. The van der Waals surface area contributed by atoms with E-state index in [0.29, 0.717) is 24.0 Å². The first-order valence-corrected chi connectivity index (χ1v) is 7.85. The van der Waals surface area contributed by atoms with E-state index in [-0.39, 0.29) is 5.97 Å². The van der Waals surface area contributed by atoms with Gasteiger partial charge in [0.05, 0.1) is 18.5 Å². The minimum absolute atomic E-state index is 0.334. The molecular weight excluding hydrogens is 280 g/mol. The molecule has 0 aliphatic heterocycles. The van der Waals surface area contributed by atoms with Crippen LogP contribution in [0, 0.1) is 5.92 Å². The molecule has 6 nitrogen and oxygen atoms in total. The smallest absolute Gasteiger partial charge is 0.359 e. The van der Waals surface area contributed by atoms with Crippen LogP contribution >= 0.6 is 0 Å². The van der Waals surface area contributed by atoms with Crippen LogP contribution in [0.3, 0.4) is 0 Å². The van der Waals surface area contributed by atoms with Crippen LogP contribution in [0.15, 0.2) is 18.6 Å². The number of ether oxygens (including phenoxy) is 1. The van der Waals surface area contributed by atoms with Crippen molar-refractivity contribution in [3.05, 3.63) is 35.5 Å². The van der Waals surface area contributed by atoms with Crippen LogP contribution < -0.4 is 0 Å². The summed E-state index contributed by atoms with van der Waals surface area (Å²) in [4.78, 5) is 20.7. The van der Waals surface area contributed by atoms with E-state index in [1.165, 1.54) is 6.42 Å². The molecule has 2 heterocycles. The van der Waals surface area contributed by atoms with Gasteiger partial charge in [-0.3, -0.25) is 4.98 Å². The molecule has 2 atom stereocenters. The molecule has 2 aromatic rings. The predicted octanol–water partition coefficient (Wildman–Crippen LogP) is 2.28. The maximum absolute atomic E-state index is 12.2. The number of carbonyl (C=O) groups excluding carboxylic acids is 1. The summed E-state index contributed by atoms with van der Waals surface area (Å²) >= 11 is 0. The Balaban J connectivity index is 1.86. The molecule has 0 N–H and O–H groups in total. The van der Waals surface area contributed by atoms with Gasteiger partial charge in [0, 0.05) is 23.9 Å². The van der Waals surface area contributed by atoms with Gasteiger partial charge in [-0.25, -0.2) is 14.5 Å². The van der Waals surface area contributed by atoms with Crippen LogP contribution in [0.4, 0.5) is 0 Å². The van der Waals surface area contributed by atoms with E-state index in [0.717, 1.165) is 36.4 Å². The highest BCUT2D eigenvalue weighted by molar-refractivity contribution is 5.89. The molecule has 1 fully saturated rings. The van der Waals surface area contributed by atoms with Crippen LogP contribution in [-0.4, -0.2) is 32.3 Å². The minimum Gasteiger partial charge on any atom is -0.461 e. The quantitative estimate of drug-likeness (QED) is 0.813. The van der Waals surface area contributed by atoms with E-state index in [1.54, 1.807) is 18.6 Å². The summed E-state index contributed by atoms with van der Waals surface area (Å²) in [6.07, 6.45) is 9.43. The fourth-order valence-corrected chi connectivity index (χ4v) is 3.63. The average molecular weight is 298 g/mol. The zero-order chi connectivity index (χ0) is 15.1. The molecular formula is C16H18N4O2. The highest BCUT2D eigenvalue weighted by Crippen LogP contribution is 2.50. The van der Waals surface area contributed by atoms with Gasteiger partial charge >= 0.3 is 5.97 Å². The highest BCUT2D eigenvalue weighted by Gasteiger charge is 2.42. The van der Waals surface area contributed by atoms with Crippen molar-refractivity contribution in [1.29, 1.82) is 0 Å². The number of nitrogens with zero attached hydrogens (tertiary/aromatic N) is 4. The van der Waals surface area contributed by atoms with Crippen LogP contribution in [0.25, 0.3) is 5.82 Å². The maximum atomic E-state index is 12.2. The van der Waals surface area contributed by atoms with Crippen molar-refractivity contribution >= 4 is 5.97 Å². The van der Waals surface area contributed by atoms with Crippen LogP contribution in [0.1, 0.15) is 53.8 Å². The average Bonchev–Trinajstić information content (AvgIpc) is 2.87. The number of aromatic nitrogens is 4. The van der Waals surface area contributed by atoms with E-state index in [9.17, 15) is 4.79 Å². The van der Waals surface area contributed by atoms with Gasteiger partial charge in [-0.05, 0) is 38.5 Å². The summed E-state index contributed by atoms with van der Waals surface area (Å²) in [5.74, 6) is 1.54. The lowest BCUT2D eigenvalue weighted by Gasteiger charge is -2.40. The standard InChI is InChI=1S/C16H18N4O2/c1-2-22-16(21)14-12-6-4-10-3-5-11(10)15(12)20(19-14)13-9-17-7-8-18-13/h7-11H,2-6H2,1H3. The Kier molecular flexibility index (Phi) is 3.17. The summed E-state index contributed by atoms with van der Waals surface area (Å²) in [6.45, 7) is 2.17. The van der Waals surface area contributed by atoms with Gasteiger partial charge in [0.1, 0.15) is 0 Å². The number of rotatable bonds is 3. The second kappa shape index (κ2) is 5.19. The van der Waals surface area contributed by atoms with Crippen molar-refractivity contribution < 1.29 is 9.53 Å².